The first kappa shape index (κ1) is 20.9. The summed E-state index contributed by atoms with van der Waals surface area (Å²) in [5.74, 6) is 0.520. The predicted octanol–water partition coefficient (Wildman–Crippen LogP) is 1.80. The van der Waals surface area contributed by atoms with Crippen LogP contribution in [0, 0.1) is 13.8 Å². The third-order valence-corrected chi connectivity index (χ3v) is 4.94. The minimum atomic E-state index is -1.24. The summed E-state index contributed by atoms with van der Waals surface area (Å²) in [5, 5.41) is 31.4. The standard InChI is InChI=1S/C21H26N4O4/c1-13-3-4-18(22-10-13)24-21(29)25-7-5-15(6-8-25)19-14(2)9-16(11-23-19)20(28)17(27)12-26/h3-5,9-11,17,20,26-28H,6-8,12H2,1-2H3,(H,22,24,29)/t17-,20-/m0/s1. The van der Waals surface area contributed by atoms with Crippen LogP contribution in [-0.4, -0.2) is 62.0 Å². The molecule has 0 fully saturated rings. The van der Waals surface area contributed by atoms with E-state index in [1.54, 1.807) is 23.2 Å². The average molecular weight is 398 g/mol. The van der Waals surface area contributed by atoms with Gasteiger partial charge in [-0.3, -0.25) is 10.3 Å². The molecule has 3 heterocycles. The van der Waals surface area contributed by atoms with E-state index in [0.717, 1.165) is 22.4 Å². The smallest absolute Gasteiger partial charge is 0.323 e. The number of carbonyl (C=O) groups excluding carboxylic acids is 1. The first-order valence-corrected chi connectivity index (χ1v) is 9.50. The minimum Gasteiger partial charge on any atom is -0.394 e. The molecule has 0 aromatic carbocycles. The summed E-state index contributed by atoms with van der Waals surface area (Å²) in [5.41, 5.74) is 4.18. The number of rotatable bonds is 5. The zero-order valence-electron chi connectivity index (χ0n) is 16.5. The Morgan fingerprint density at radius 2 is 2.03 bits per heavy atom. The first-order chi connectivity index (χ1) is 13.9. The summed E-state index contributed by atoms with van der Waals surface area (Å²) in [6, 6.07) is 5.23. The average Bonchev–Trinajstić information content (AvgIpc) is 2.74. The molecule has 1 aliphatic rings. The van der Waals surface area contributed by atoms with Crippen LogP contribution in [0.1, 0.15) is 34.9 Å². The molecule has 2 amide bonds. The number of aliphatic hydroxyl groups excluding tert-OH is 3. The van der Waals surface area contributed by atoms with Crippen molar-refractivity contribution >= 4 is 17.4 Å². The molecule has 2 atom stereocenters. The van der Waals surface area contributed by atoms with Crippen molar-refractivity contribution in [2.75, 3.05) is 25.0 Å². The number of urea groups is 1. The molecule has 3 rings (SSSR count). The number of carbonyl (C=O) groups is 1. The van der Waals surface area contributed by atoms with Gasteiger partial charge >= 0.3 is 6.03 Å². The van der Waals surface area contributed by atoms with Crippen molar-refractivity contribution in [2.24, 2.45) is 0 Å². The second-order valence-corrected chi connectivity index (χ2v) is 7.21. The predicted molar refractivity (Wildman–Crippen MR) is 109 cm³/mol. The lowest BCUT2D eigenvalue weighted by Gasteiger charge is -2.27. The Bertz CT molecular complexity index is 898. The molecule has 8 nitrogen and oxygen atoms in total. The van der Waals surface area contributed by atoms with E-state index in [-0.39, 0.29) is 6.03 Å². The number of hydrogen-bond acceptors (Lipinski definition) is 6. The zero-order valence-corrected chi connectivity index (χ0v) is 16.5. The van der Waals surface area contributed by atoms with Gasteiger partial charge in [0.1, 0.15) is 18.0 Å². The normalized spacial score (nSPS) is 16.2. The second-order valence-electron chi connectivity index (χ2n) is 7.21. The van der Waals surface area contributed by atoms with E-state index in [0.29, 0.717) is 30.9 Å². The van der Waals surface area contributed by atoms with Gasteiger partial charge in [0.2, 0.25) is 0 Å². The molecule has 2 aromatic heterocycles. The van der Waals surface area contributed by atoms with Gasteiger partial charge in [0.15, 0.2) is 0 Å². The molecule has 4 N–H and O–H groups in total. The molecule has 0 spiro atoms. The van der Waals surface area contributed by atoms with Crippen LogP contribution in [0.15, 0.2) is 36.7 Å². The van der Waals surface area contributed by atoms with Crippen molar-refractivity contribution in [3.63, 3.8) is 0 Å². The Morgan fingerprint density at radius 3 is 2.62 bits per heavy atom. The summed E-state index contributed by atoms with van der Waals surface area (Å²) in [7, 11) is 0. The maximum atomic E-state index is 12.4. The van der Waals surface area contributed by atoms with E-state index in [9.17, 15) is 15.0 Å². The molecule has 0 saturated heterocycles. The topological polar surface area (TPSA) is 119 Å². The summed E-state index contributed by atoms with van der Waals surface area (Å²) < 4.78 is 0. The van der Waals surface area contributed by atoms with Crippen molar-refractivity contribution in [1.82, 2.24) is 14.9 Å². The summed E-state index contributed by atoms with van der Waals surface area (Å²) in [4.78, 5) is 22.8. The highest BCUT2D eigenvalue weighted by Crippen LogP contribution is 2.26. The van der Waals surface area contributed by atoms with Gasteiger partial charge < -0.3 is 20.2 Å². The maximum Gasteiger partial charge on any atom is 0.323 e. The number of amides is 2. The zero-order chi connectivity index (χ0) is 21.0. The Hall–Kier alpha value is -2.81. The number of nitrogens with zero attached hydrogens (tertiary/aromatic N) is 3. The number of anilines is 1. The van der Waals surface area contributed by atoms with Crippen molar-refractivity contribution in [2.45, 2.75) is 32.5 Å². The number of pyridine rings is 2. The fourth-order valence-electron chi connectivity index (χ4n) is 3.22. The molecule has 1 aliphatic heterocycles. The van der Waals surface area contributed by atoms with Crippen molar-refractivity contribution in [3.8, 4) is 0 Å². The number of aryl methyl sites for hydroxylation is 2. The van der Waals surface area contributed by atoms with Crippen molar-refractivity contribution in [1.29, 1.82) is 0 Å². The van der Waals surface area contributed by atoms with E-state index in [4.69, 9.17) is 5.11 Å². The Balaban J connectivity index is 1.65. The van der Waals surface area contributed by atoms with Crippen LogP contribution >= 0.6 is 0 Å². The van der Waals surface area contributed by atoms with Crippen molar-refractivity contribution < 1.29 is 20.1 Å². The lowest BCUT2D eigenvalue weighted by Crippen LogP contribution is -2.38. The van der Waals surface area contributed by atoms with E-state index < -0.39 is 18.8 Å². The van der Waals surface area contributed by atoms with E-state index in [1.165, 1.54) is 6.20 Å². The molecule has 0 saturated carbocycles. The van der Waals surface area contributed by atoms with Crippen LogP contribution in [0.3, 0.4) is 0 Å². The monoisotopic (exact) mass is 398 g/mol. The molecule has 0 bridgehead atoms. The SMILES string of the molecule is Cc1ccc(NC(=O)N2CC=C(c3ncc([C@H](O)[C@@H](O)CO)cc3C)CC2)nc1. The van der Waals surface area contributed by atoms with Gasteiger partial charge in [-0.2, -0.15) is 0 Å². The largest absolute Gasteiger partial charge is 0.394 e. The third-order valence-electron chi connectivity index (χ3n) is 4.94. The van der Waals surface area contributed by atoms with E-state index >= 15 is 0 Å². The van der Waals surface area contributed by atoms with Gasteiger partial charge in [0.05, 0.1) is 12.3 Å². The van der Waals surface area contributed by atoms with Crippen LogP contribution in [-0.2, 0) is 0 Å². The summed E-state index contributed by atoms with van der Waals surface area (Å²) in [6.07, 6.45) is 3.41. The molecule has 0 radical (unpaired) electrons. The molecule has 0 aliphatic carbocycles. The molecule has 29 heavy (non-hydrogen) atoms. The highest BCUT2D eigenvalue weighted by atomic mass is 16.4. The highest BCUT2D eigenvalue weighted by molar-refractivity contribution is 5.89. The van der Waals surface area contributed by atoms with Gasteiger partial charge in [0.25, 0.3) is 0 Å². The summed E-state index contributed by atoms with van der Waals surface area (Å²) in [6.45, 7) is 4.31. The minimum absolute atomic E-state index is 0.196. The maximum absolute atomic E-state index is 12.4. The van der Waals surface area contributed by atoms with Crippen LogP contribution in [0.25, 0.3) is 5.57 Å². The van der Waals surface area contributed by atoms with Gasteiger partial charge in [-0.05, 0) is 49.1 Å². The van der Waals surface area contributed by atoms with Crippen molar-refractivity contribution in [3.05, 3.63) is 59.1 Å². The molecule has 154 valence electrons. The quantitative estimate of drug-likeness (QED) is 0.610. The second kappa shape index (κ2) is 9.13. The van der Waals surface area contributed by atoms with Crippen LogP contribution in [0.5, 0.6) is 0 Å². The summed E-state index contributed by atoms with van der Waals surface area (Å²) >= 11 is 0. The molecule has 2 aromatic rings. The van der Waals surface area contributed by atoms with Gasteiger partial charge in [-0.1, -0.05) is 12.1 Å². The van der Waals surface area contributed by atoms with E-state index in [2.05, 4.69) is 15.3 Å². The molecule has 0 unspecified atom stereocenters. The fourth-order valence-corrected chi connectivity index (χ4v) is 3.22. The third kappa shape index (κ3) is 4.97. The molecular formula is C21H26N4O4. The Kier molecular flexibility index (Phi) is 6.58. The number of aliphatic hydroxyl groups is 3. The van der Waals surface area contributed by atoms with Crippen LogP contribution in [0.4, 0.5) is 10.6 Å². The number of hydrogen-bond donors (Lipinski definition) is 4. The molecule has 8 heteroatoms. The Morgan fingerprint density at radius 1 is 1.24 bits per heavy atom. The number of nitrogens with one attached hydrogen (secondary N) is 1. The number of aromatic nitrogens is 2. The first-order valence-electron chi connectivity index (χ1n) is 9.50. The van der Waals surface area contributed by atoms with Gasteiger partial charge in [0, 0.05) is 31.0 Å². The lowest BCUT2D eigenvalue weighted by molar-refractivity contribution is -0.0154. The van der Waals surface area contributed by atoms with Gasteiger partial charge in [-0.25, -0.2) is 9.78 Å². The highest BCUT2D eigenvalue weighted by Gasteiger charge is 2.22. The fraction of sp³-hybridized carbons (Fsp3) is 0.381. The Labute approximate surface area is 169 Å². The van der Waals surface area contributed by atoms with Gasteiger partial charge in [-0.15, -0.1) is 0 Å². The van der Waals surface area contributed by atoms with Crippen LogP contribution < -0.4 is 5.32 Å². The lowest BCUT2D eigenvalue weighted by atomic mass is 9.98. The molecular weight excluding hydrogens is 372 g/mol. The van der Waals surface area contributed by atoms with E-state index in [1.807, 2.05) is 26.0 Å². The van der Waals surface area contributed by atoms with Crippen LogP contribution in [0.2, 0.25) is 0 Å².